The van der Waals surface area contributed by atoms with Gasteiger partial charge < -0.3 is 20.3 Å². The number of aliphatic imine (C=N–C) groups is 1. The molecule has 0 saturated carbocycles. The standard InChI is InChI=1S/C20H37N5O2S/c1-9-21-18(22-12-17-15(4)23-13-28-17)25(8)11-10-16(14(2)3)24-19(26)27-20(5,6)7/h13-14,16H,9-12H2,1-8H3,(H,21,22)(H,24,26). The Labute approximate surface area is 174 Å². The third-order valence-electron chi connectivity index (χ3n) is 4.20. The van der Waals surface area contributed by atoms with E-state index in [1.165, 1.54) is 4.88 Å². The molecule has 2 N–H and O–H groups in total. The number of carbonyl (C=O) groups is 1. The van der Waals surface area contributed by atoms with Crippen molar-refractivity contribution in [1.29, 1.82) is 0 Å². The third kappa shape index (κ3) is 8.91. The molecular formula is C20H37N5O2S. The summed E-state index contributed by atoms with van der Waals surface area (Å²) >= 11 is 1.63. The van der Waals surface area contributed by atoms with Crippen molar-refractivity contribution in [1.82, 2.24) is 20.5 Å². The van der Waals surface area contributed by atoms with Crippen LogP contribution >= 0.6 is 11.3 Å². The molecule has 1 aromatic rings. The molecule has 7 nitrogen and oxygen atoms in total. The molecule has 8 heteroatoms. The zero-order valence-corrected chi connectivity index (χ0v) is 19.4. The second-order valence-corrected chi connectivity index (χ2v) is 9.18. The van der Waals surface area contributed by atoms with Crippen LogP contribution in [0.2, 0.25) is 0 Å². The first kappa shape index (κ1) is 24.2. The van der Waals surface area contributed by atoms with Gasteiger partial charge in [-0.15, -0.1) is 11.3 Å². The van der Waals surface area contributed by atoms with Crippen LogP contribution in [0, 0.1) is 12.8 Å². The predicted molar refractivity (Wildman–Crippen MR) is 117 cm³/mol. The summed E-state index contributed by atoms with van der Waals surface area (Å²) in [6.07, 6.45) is 0.437. The van der Waals surface area contributed by atoms with E-state index in [1.54, 1.807) is 11.3 Å². The van der Waals surface area contributed by atoms with E-state index in [1.807, 2.05) is 40.3 Å². The maximum Gasteiger partial charge on any atom is 0.407 e. The van der Waals surface area contributed by atoms with Crippen molar-refractivity contribution < 1.29 is 9.53 Å². The summed E-state index contributed by atoms with van der Waals surface area (Å²) in [5, 5.41) is 6.34. The molecule has 1 aromatic heterocycles. The van der Waals surface area contributed by atoms with E-state index >= 15 is 0 Å². The molecule has 1 amide bonds. The molecule has 1 heterocycles. The van der Waals surface area contributed by atoms with E-state index in [-0.39, 0.29) is 12.1 Å². The molecule has 0 aromatic carbocycles. The summed E-state index contributed by atoms with van der Waals surface area (Å²) in [7, 11) is 2.02. The lowest BCUT2D eigenvalue weighted by atomic mass is 10.0. The maximum absolute atomic E-state index is 12.1. The number of guanidine groups is 1. The number of aromatic nitrogens is 1. The van der Waals surface area contributed by atoms with Gasteiger partial charge in [0, 0.05) is 31.1 Å². The van der Waals surface area contributed by atoms with E-state index in [0.29, 0.717) is 12.5 Å². The molecule has 0 spiro atoms. The minimum atomic E-state index is -0.498. The van der Waals surface area contributed by atoms with Crippen LogP contribution < -0.4 is 10.6 Å². The highest BCUT2D eigenvalue weighted by Gasteiger charge is 2.22. The van der Waals surface area contributed by atoms with Gasteiger partial charge in [0.2, 0.25) is 0 Å². The lowest BCUT2D eigenvalue weighted by molar-refractivity contribution is 0.0486. The van der Waals surface area contributed by atoms with Crippen LogP contribution in [0.15, 0.2) is 10.5 Å². The summed E-state index contributed by atoms with van der Waals surface area (Å²) in [5.41, 5.74) is 2.39. The monoisotopic (exact) mass is 411 g/mol. The molecule has 160 valence electrons. The number of hydrogen-bond donors (Lipinski definition) is 2. The second-order valence-electron chi connectivity index (χ2n) is 8.24. The second kappa shape index (κ2) is 11.2. The quantitative estimate of drug-likeness (QED) is 0.503. The number of carbonyl (C=O) groups excluding carboxylic acids is 1. The van der Waals surface area contributed by atoms with Gasteiger partial charge in [-0.25, -0.2) is 14.8 Å². The van der Waals surface area contributed by atoms with E-state index in [9.17, 15) is 4.79 Å². The van der Waals surface area contributed by atoms with Gasteiger partial charge >= 0.3 is 6.09 Å². The lowest BCUT2D eigenvalue weighted by Gasteiger charge is -2.28. The van der Waals surface area contributed by atoms with Gasteiger partial charge in [-0.1, -0.05) is 13.8 Å². The van der Waals surface area contributed by atoms with Gasteiger partial charge in [-0.2, -0.15) is 0 Å². The molecule has 0 fully saturated rings. The molecular weight excluding hydrogens is 374 g/mol. The van der Waals surface area contributed by atoms with Crippen LogP contribution in [-0.4, -0.2) is 53.7 Å². The molecule has 0 aliphatic heterocycles. The fraction of sp³-hybridized carbons (Fsp3) is 0.750. The van der Waals surface area contributed by atoms with E-state index in [2.05, 4.69) is 41.3 Å². The molecule has 0 radical (unpaired) electrons. The largest absolute Gasteiger partial charge is 0.444 e. The Hall–Kier alpha value is -1.83. The average molecular weight is 412 g/mol. The van der Waals surface area contributed by atoms with Crippen LogP contribution in [0.5, 0.6) is 0 Å². The Morgan fingerprint density at radius 2 is 2.07 bits per heavy atom. The molecule has 1 unspecified atom stereocenters. The van der Waals surface area contributed by atoms with Crippen molar-refractivity contribution in [2.75, 3.05) is 20.1 Å². The van der Waals surface area contributed by atoms with Gasteiger partial charge in [0.25, 0.3) is 0 Å². The van der Waals surface area contributed by atoms with Crippen LogP contribution in [0.25, 0.3) is 0 Å². The number of alkyl carbamates (subject to hydrolysis) is 1. The summed E-state index contributed by atoms with van der Waals surface area (Å²) in [4.78, 5) is 24.4. The molecule has 0 saturated heterocycles. The van der Waals surface area contributed by atoms with Crippen LogP contribution in [0.3, 0.4) is 0 Å². The van der Waals surface area contributed by atoms with E-state index in [0.717, 1.165) is 31.2 Å². The van der Waals surface area contributed by atoms with Crippen molar-refractivity contribution in [3.63, 3.8) is 0 Å². The minimum Gasteiger partial charge on any atom is -0.444 e. The van der Waals surface area contributed by atoms with E-state index in [4.69, 9.17) is 9.73 Å². The first-order chi connectivity index (χ1) is 13.0. The fourth-order valence-electron chi connectivity index (χ4n) is 2.56. The van der Waals surface area contributed by atoms with Crippen LogP contribution in [0.1, 0.15) is 58.5 Å². The number of hydrogen-bond acceptors (Lipinski definition) is 5. The highest BCUT2D eigenvalue weighted by atomic mass is 32.1. The summed E-state index contributed by atoms with van der Waals surface area (Å²) in [6, 6.07) is 0.0314. The number of nitrogens with one attached hydrogen (secondary N) is 2. The number of rotatable bonds is 8. The Morgan fingerprint density at radius 1 is 1.39 bits per heavy atom. The fourth-order valence-corrected chi connectivity index (χ4v) is 3.26. The normalized spacial score (nSPS) is 13.4. The Bertz CT molecular complexity index is 637. The number of ether oxygens (including phenoxy) is 1. The van der Waals surface area contributed by atoms with Crippen LogP contribution in [0.4, 0.5) is 4.79 Å². The van der Waals surface area contributed by atoms with Gasteiger partial charge in [0.05, 0.1) is 17.7 Å². The lowest BCUT2D eigenvalue weighted by Crippen LogP contribution is -2.45. The Balaban J connectivity index is 2.67. The zero-order valence-electron chi connectivity index (χ0n) is 18.6. The molecule has 28 heavy (non-hydrogen) atoms. The summed E-state index contributed by atoms with van der Waals surface area (Å²) in [6.45, 7) is 16.1. The highest BCUT2D eigenvalue weighted by Crippen LogP contribution is 2.14. The highest BCUT2D eigenvalue weighted by molar-refractivity contribution is 7.09. The molecule has 0 aliphatic carbocycles. The molecule has 0 bridgehead atoms. The first-order valence-corrected chi connectivity index (χ1v) is 10.8. The number of nitrogens with zero attached hydrogens (tertiary/aromatic N) is 3. The smallest absolute Gasteiger partial charge is 0.407 e. The van der Waals surface area contributed by atoms with Crippen molar-refractivity contribution >= 4 is 23.4 Å². The van der Waals surface area contributed by atoms with Gasteiger partial charge in [0.15, 0.2) is 5.96 Å². The average Bonchev–Trinajstić information content (AvgIpc) is 2.98. The van der Waals surface area contributed by atoms with Crippen LogP contribution in [-0.2, 0) is 11.3 Å². The topological polar surface area (TPSA) is 78.9 Å². The Kier molecular flexibility index (Phi) is 9.72. The zero-order chi connectivity index (χ0) is 21.3. The predicted octanol–water partition coefficient (Wildman–Crippen LogP) is 3.79. The number of thiazole rings is 1. The van der Waals surface area contributed by atoms with Gasteiger partial charge in [0.1, 0.15) is 5.60 Å². The van der Waals surface area contributed by atoms with E-state index < -0.39 is 5.60 Å². The molecule has 0 aliphatic rings. The van der Waals surface area contributed by atoms with Gasteiger partial charge in [-0.05, 0) is 47.0 Å². The van der Waals surface area contributed by atoms with Crippen molar-refractivity contribution in [2.45, 2.75) is 73.1 Å². The number of aryl methyl sites for hydroxylation is 1. The molecule has 1 atom stereocenters. The van der Waals surface area contributed by atoms with Crippen molar-refractivity contribution in [2.24, 2.45) is 10.9 Å². The first-order valence-electron chi connectivity index (χ1n) is 9.91. The molecule has 1 rings (SSSR count). The summed E-state index contributed by atoms with van der Waals surface area (Å²) < 4.78 is 5.40. The Morgan fingerprint density at radius 3 is 2.57 bits per heavy atom. The van der Waals surface area contributed by atoms with Crippen molar-refractivity contribution in [3.8, 4) is 0 Å². The summed E-state index contributed by atoms with van der Waals surface area (Å²) in [5.74, 6) is 1.16. The van der Waals surface area contributed by atoms with Crippen molar-refractivity contribution in [3.05, 3.63) is 16.1 Å². The SMILES string of the molecule is CCNC(=NCc1scnc1C)N(C)CCC(NC(=O)OC(C)(C)C)C(C)C. The third-order valence-corrected chi connectivity index (χ3v) is 5.12. The number of amides is 1. The maximum atomic E-state index is 12.1. The minimum absolute atomic E-state index is 0.0314. The van der Waals surface area contributed by atoms with Gasteiger partial charge in [-0.3, -0.25) is 0 Å².